The molecule has 0 radical (unpaired) electrons. The summed E-state index contributed by atoms with van der Waals surface area (Å²) in [7, 11) is 0.797. The number of ether oxygens (including phenoxy) is 2. The first-order valence-corrected chi connectivity index (χ1v) is 15.4. The zero-order valence-electron chi connectivity index (χ0n) is 24.5. The average Bonchev–Trinajstić information content (AvgIpc) is 3.09. The highest BCUT2D eigenvalue weighted by molar-refractivity contribution is 6.73. The van der Waals surface area contributed by atoms with Crippen LogP contribution in [0.1, 0.15) is 12.8 Å². The molecule has 2 aliphatic heterocycles. The van der Waals surface area contributed by atoms with Gasteiger partial charge in [0.05, 0.1) is 5.69 Å². The Bertz CT molecular complexity index is 2190. The number of anilines is 4. The number of hydrogen-bond donors (Lipinski definition) is 1. The van der Waals surface area contributed by atoms with Crippen LogP contribution in [0.5, 0.6) is 23.0 Å². The molecular weight excluding hydrogens is 551 g/mol. The van der Waals surface area contributed by atoms with Crippen molar-refractivity contribution in [3.05, 3.63) is 145 Å². The molecule has 0 amide bonds. The van der Waals surface area contributed by atoms with Crippen molar-refractivity contribution < 1.29 is 9.47 Å². The smallest absolute Gasteiger partial charge is 0.198 e. The maximum atomic E-state index is 6.48. The van der Waals surface area contributed by atoms with Gasteiger partial charge in [-0.2, -0.15) is 0 Å². The number of allylic oxidation sites excluding steroid dienone is 3. The highest BCUT2D eigenvalue weighted by Crippen LogP contribution is 2.50. The Morgan fingerprint density at radius 2 is 1.51 bits per heavy atom. The van der Waals surface area contributed by atoms with E-state index >= 15 is 0 Å². The topological polar surface area (TPSA) is 33.7 Å². The van der Waals surface area contributed by atoms with E-state index in [-0.39, 0.29) is 0 Å². The van der Waals surface area contributed by atoms with E-state index in [0.29, 0.717) is 23.0 Å². The Balaban J connectivity index is 1.33. The van der Waals surface area contributed by atoms with Gasteiger partial charge in [-0.05, 0) is 89.9 Å². The van der Waals surface area contributed by atoms with E-state index in [2.05, 4.69) is 101 Å². The molecule has 6 aromatic rings. The molecule has 0 bridgehead atoms. The summed E-state index contributed by atoms with van der Waals surface area (Å²) in [6.07, 6.45) is 8.96. The maximum absolute atomic E-state index is 6.48. The average molecular weight is 578 g/mol. The molecule has 212 valence electrons. The fourth-order valence-electron chi connectivity index (χ4n) is 6.74. The van der Waals surface area contributed by atoms with Gasteiger partial charge in [-0.1, -0.05) is 78.3 Å². The highest BCUT2D eigenvalue weighted by Gasteiger charge is 2.31. The zero-order valence-corrected chi connectivity index (χ0v) is 24.5. The Hall–Kier alpha value is -5.86. The number of nitrogens with one attached hydrogen (secondary N) is 1. The number of hydrogen-bond acceptors (Lipinski definition) is 4. The molecule has 9 rings (SSSR count). The van der Waals surface area contributed by atoms with Crippen molar-refractivity contribution in [2.75, 3.05) is 10.2 Å². The van der Waals surface area contributed by atoms with Gasteiger partial charge in [0.15, 0.2) is 30.3 Å². The van der Waals surface area contributed by atoms with Gasteiger partial charge in [0.25, 0.3) is 0 Å². The molecule has 0 atom stereocenters. The molecule has 1 N–H and O–H groups in total. The van der Waals surface area contributed by atoms with E-state index in [9.17, 15) is 0 Å². The van der Waals surface area contributed by atoms with Crippen molar-refractivity contribution in [2.45, 2.75) is 12.8 Å². The minimum atomic E-state index is 0.675. The largest absolute Gasteiger partial charge is 0.449 e. The summed E-state index contributed by atoms with van der Waals surface area (Å²) in [5, 5.41) is 5.85. The predicted octanol–water partition coefficient (Wildman–Crippen LogP) is 8.82. The summed E-state index contributed by atoms with van der Waals surface area (Å²) in [5.74, 6) is 2.77. The van der Waals surface area contributed by atoms with Crippen molar-refractivity contribution in [3.8, 4) is 34.1 Å². The molecule has 0 spiro atoms. The van der Waals surface area contributed by atoms with E-state index in [1.54, 1.807) is 0 Å². The van der Waals surface area contributed by atoms with Crippen molar-refractivity contribution in [3.63, 3.8) is 0 Å². The summed E-state index contributed by atoms with van der Waals surface area (Å²) in [6, 6.07) is 44.1. The third-order valence-corrected chi connectivity index (χ3v) is 8.76. The van der Waals surface area contributed by atoms with Crippen LogP contribution in [0.2, 0.25) is 0 Å². The third-order valence-electron chi connectivity index (χ3n) is 8.76. The second kappa shape index (κ2) is 10.4. The van der Waals surface area contributed by atoms with Crippen LogP contribution in [0.15, 0.2) is 133 Å². The Kier molecular flexibility index (Phi) is 5.92. The maximum Gasteiger partial charge on any atom is 0.198 e. The van der Waals surface area contributed by atoms with Gasteiger partial charge in [-0.25, -0.2) is 0 Å². The van der Waals surface area contributed by atoms with Gasteiger partial charge in [-0.3, -0.25) is 0 Å². The number of fused-ring (bicyclic) bond motifs is 5. The lowest BCUT2D eigenvalue weighted by Gasteiger charge is -2.36. The number of para-hydroxylation sites is 4. The quantitative estimate of drug-likeness (QED) is 0.212. The molecule has 0 saturated carbocycles. The molecule has 45 heavy (non-hydrogen) atoms. The van der Waals surface area contributed by atoms with Gasteiger partial charge in [0.1, 0.15) is 0 Å². The highest BCUT2D eigenvalue weighted by atomic mass is 16.6. The SMILES string of the molecule is B1c2ccccc2N(C2=CCCC=C2)c2cc3c#cccc3c(-c3cc4c(cc3Nc3ccccc3)Oc3ccccc3O4)c21. The van der Waals surface area contributed by atoms with E-state index in [0.717, 1.165) is 59.1 Å². The van der Waals surface area contributed by atoms with Gasteiger partial charge < -0.3 is 19.7 Å². The first-order chi connectivity index (χ1) is 22.3. The van der Waals surface area contributed by atoms with Crippen molar-refractivity contribution in [2.24, 2.45) is 0 Å². The van der Waals surface area contributed by atoms with Crippen LogP contribution in [0.3, 0.4) is 0 Å². The molecule has 0 unspecified atom stereocenters. The zero-order chi connectivity index (χ0) is 29.7. The molecular formula is C40H27BN2O2. The third kappa shape index (κ3) is 4.34. The minimum Gasteiger partial charge on any atom is -0.449 e. The molecule has 1 aliphatic carbocycles. The van der Waals surface area contributed by atoms with Crippen LogP contribution in [0.25, 0.3) is 21.9 Å². The normalized spacial score (nSPS) is 14.0. The molecule has 0 aromatic heterocycles. The molecule has 0 saturated heterocycles. The first-order valence-electron chi connectivity index (χ1n) is 15.4. The number of rotatable bonds is 4. The molecule has 5 heteroatoms. The summed E-state index contributed by atoms with van der Waals surface area (Å²) < 4.78 is 12.9. The Morgan fingerprint density at radius 1 is 0.733 bits per heavy atom. The second-order valence-electron chi connectivity index (χ2n) is 11.5. The van der Waals surface area contributed by atoms with E-state index in [4.69, 9.17) is 9.47 Å². The number of nitrogens with zero attached hydrogens (tertiary/aromatic N) is 1. The second-order valence-corrected chi connectivity index (χ2v) is 11.5. The van der Waals surface area contributed by atoms with Crippen molar-refractivity contribution in [1.82, 2.24) is 0 Å². The molecule has 2 heterocycles. The monoisotopic (exact) mass is 578 g/mol. The van der Waals surface area contributed by atoms with Gasteiger partial charge in [0, 0.05) is 39.8 Å². The number of benzene rings is 5. The van der Waals surface area contributed by atoms with Crippen LogP contribution in [0, 0.1) is 12.1 Å². The summed E-state index contributed by atoms with van der Waals surface area (Å²) >= 11 is 0. The predicted molar refractivity (Wildman–Crippen MR) is 185 cm³/mol. The van der Waals surface area contributed by atoms with Crippen molar-refractivity contribution >= 4 is 51.7 Å². The van der Waals surface area contributed by atoms with E-state index < -0.39 is 0 Å². The fraction of sp³-hybridized carbons (Fsp3) is 0.0500. The Labute approximate surface area is 263 Å². The van der Waals surface area contributed by atoms with Gasteiger partial charge in [0.2, 0.25) is 0 Å². The Morgan fingerprint density at radius 3 is 2.33 bits per heavy atom. The van der Waals surface area contributed by atoms with Crippen LogP contribution in [-0.2, 0) is 0 Å². The van der Waals surface area contributed by atoms with Crippen LogP contribution < -0.4 is 30.6 Å². The van der Waals surface area contributed by atoms with Crippen LogP contribution in [0.4, 0.5) is 22.7 Å². The van der Waals surface area contributed by atoms with E-state index in [1.165, 1.54) is 22.3 Å². The lowest BCUT2D eigenvalue weighted by molar-refractivity contribution is 0.360. The fourth-order valence-corrected chi connectivity index (χ4v) is 6.74. The summed E-state index contributed by atoms with van der Waals surface area (Å²) in [6.45, 7) is 0. The van der Waals surface area contributed by atoms with Gasteiger partial charge >= 0.3 is 0 Å². The minimum absolute atomic E-state index is 0.675. The molecule has 3 aliphatic rings. The van der Waals surface area contributed by atoms with Crippen LogP contribution in [-0.4, -0.2) is 7.28 Å². The summed E-state index contributed by atoms with van der Waals surface area (Å²) in [5.41, 5.74) is 10.2. The lowest BCUT2D eigenvalue weighted by Crippen LogP contribution is -2.42. The van der Waals surface area contributed by atoms with E-state index in [1.807, 2.05) is 48.5 Å². The molecule has 6 aromatic carbocycles. The van der Waals surface area contributed by atoms with Crippen molar-refractivity contribution in [1.29, 1.82) is 0 Å². The first kappa shape index (κ1) is 25.6. The molecule has 4 nitrogen and oxygen atoms in total. The van der Waals surface area contributed by atoms with Crippen LogP contribution >= 0.6 is 0 Å². The summed E-state index contributed by atoms with van der Waals surface area (Å²) in [4.78, 5) is 2.42. The lowest BCUT2D eigenvalue weighted by atomic mass is 9.57. The molecule has 0 fully saturated rings. The van der Waals surface area contributed by atoms with Gasteiger partial charge in [-0.15, -0.1) is 0 Å². The standard InChI is InChI=1S/C40H27BN2O2/c1-3-14-27(15-4-1)42-32-25-38-37(44-35-21-11-12-22-36(35)45-38)24-30(32)39-29-18-8-7-13-26(29)23-34-40(39)41-31-19-9-10-20-33(31)43(34)28-16-5-2-6-17-28/h1,3-5,8-12,14-25,41-42H,2,6H2.